The van der Waals surface area contributed by atoms with E-state index in [1.807, 2.05) is 49.2 Å². The molecule has 0 radical (unpaired) electrons. The average molecular weight is 338 g/mol. The minimum absolute atomic E-state index is 0.00315. The molecule has 0 bridgehead atoms. The maximum atomic E-state index is 11.5. The van der Waals surface area contributed by atoms with Gasteiger partial charge in [-0.05, 0) is 33.0 Å². The van der Waals surface area contributed by atoms with Crippen molar-refractivity contribution in [3.05, 3.63) is 36.2 Å². The Kier molecular flexibility index (Phi) is 5.86. The van der Waals surface area contributed by atoms with Crippen LogP contribution in [-0.2, 0) is 16.6 Å². The van der Waals surface area contributed by atoms with Gasteiger partial charge in [0, 0.05) is 18.2 Å². The first-order chi connectivity index (χ1) is 10.9. The lowest BCUT2D eigenvalue weighted by Gasteiger charge is -2.23. The van der Waals surface area contributed by atoms with Gasteiger partial charge in [0.25, 0.3) is 0 Å². The van der Waals surface area contributed by atoms with Gasteiger partial charge in [-0.3, -0.25) is 4.90 Å². The summed E-state index contributed by atoms with van der Waals surface area (Å²) in [7, 11) is -1.29. The molecule has 8 heteroatoms. The first-order valence-electron chi connectivity index (χ1n) is 7.46. The van der Waals surface area contributed by atoms with Crippen LogP contribution >= 0.6 is 0 Å². The molecule has 1 N–H and O–H groups in total. The smallest absolute Gasteiger partial charge is 0.247 e. The van der Waals surface area contributed by atoms with Gasteiger partial charge in [0.1, 0.15) is 0 Å². The predicted molar refractivity (Wildman–Crippen MR) is 88.1 cm³/mol. The number of rotatable bonds is 8. The van der Waals surface area contributed by atoms with E-state index in [0.717, 1.165) is 5.56 Å². The van der Waals surface area contributed by atoms with E-state index in [0.29, 0.717) is 24.9 Å². The molecule has 0 spiro atoms. The van der Waals surface area contributed by atoms with Crippen LogP contribution in [0.3, 0.4) is 0 Å². The van der Waals surface area contributed by atoms with E-state index in [1.165, 1.54) is 0 Å². The van der Waals surface area contributed by atoms with E-state index in [9.17, 15) is 8.42 Å². The number of hydrogen-bond acceptors (Lipinski definition) is 6. The maximum absolute atomic E-state index is 11.5. The Morgan fingerprint density at radius 1 is 1.26 bits per heavy atom. The average Bonchev–Trinajstić information content (AvgIpc) is 3.02. The molecule has 1 atom stereocenters. The number of hydrogen-bond donors (Lipinski definition) is 1. The van der Waals surface area contributed by atoms with Gasteiger partial charge in [-0.25, -0.2) is 13.1 Å². The number of likely N-dealkylation sites (N-methyl/N-ethyl adjacent to an activating group) is 1. The topological polar surface area (TPSA) is 88.3 Å². The summed E-state index contributed by atoms with van der Waals surface area (Å²) in [6, 6.07) is 9.56. The van der Waals surface area contributed by atoms with Gasteiger partial charge in [0.2, 0.25) is 21.8 Å². The SMILES string of the molecule is CCS(=O)(=O)NC[C@H](C)N(C)Cc1nnc(-c2ccccc2)o1. The summed E-state index contributed by atoms with van der Waals surface area (Å²) in [6.45, 7) is 4.34. The molecule has 2 aromatic rings. The maximum Gasteiger partial charge on any atom is 0.247 e. The molecule has 126 valence electrons. The van der Waals surface area contributed by atoms with Crippen molar-refractivity contribution in [2.45, 2.75) is 26.4 Å². The molecule has 0 fully saturated rings. The van der Waals surface area contributed by atoms with Crippen LogP contribution in [0.4, 0.5) is 0 Å². The third-order valence-electron chi connectivity index (χ3n) is 3.60. The van der Waals surface area contributed by atoms with Crippen LogP contribution in [-0.4, -0.2) is 48.9 Å². The largest absolute Gasteiger partial charge is 0.419 e. The van der Waals surface area contributed by atoms with Crippen LogP contribution in [0, 0.1) is 0 Å². The first kappa shape index (κ1) is 17.6. The van der Waals surface area contributed by atoms with Crippen molar-refractivity contribution >= 4 is 10.0 Å². The standard InChI is InChI=1S/C15H22N4O3S/c1-4-23(20,21)16-10-12(2)19(3)11-14-17-18-15(22-14)13-8-6-5-7-9-13/h5-9,12,16H,4,10-11H2,1-3H3/t12-/m0/s1. The minimum Gasteiger partial charge on any atom is -0.419 e. The fourth-order valence-corrected chi connectivity index (χ4v) is 2.59. The second-order valence-corrected chi connectivity index (χ2v) is 7.48. The highest BCUT2D eigenvalue weighted by molar-refractivity contribution is 7.89. The van der Waals surface area contributed by atoms with Crippen molar-refractivity contribution in [1.82, 2.24) is 19.8 Å². The zero-order chi connectivity index (χ0) is 16.9. The summed E-state index contributed by atoms with van der Waals surface area (Å²) >= 11 is 0. The Bertz CT molecular complexity index is 715. The Hall–Kier alpha value is -1.77. The van der Waals surface area contributed by atoms with E-state index >= 15 is 0 Å². The van der Waals surface area contributed by atoms with Gasteiger partial charge in [-0.1, -0.05) is 18.2 Å². The summed E-state index contributed by atoms with van der Waals surface area (Å²) in [4.78, 5) is 1.96. The number of sulfonamides is 1. The van der Waals surface area contributed by atoms with Crippen LogP contribution in [0.1, 0.15) is 19.7 Å². The fourth-order valence-electron chi connectivity index (χ4n) is 1.89. The van der Waals surface area contributed by atoms with E-state index in [4.69, 9.17) is 4.42 Å². The van der Waals surface area contributed by atoms with Crippen molar-refractivity contribution < 1.29 is 12.8 Å². The molecule has 0 aliphatic carbocycles. The lowest BCUT2D eigenvalue weighted by Crippen LogP contribution is -2.40. The summed E-state index contributed by atoms with van der Waals surface area (Å²) in [5.41, 5.74) is 0.873. The zero-order valence-corrected chi connectivity index (χ0v) is 14.4. The Morgan fingerprint density at radius 3 is 2.61 bits per heavy atom. The summed E-state index contributed by atoms with van der Waals surface area (Å²) in [6.07, 6.45) is 0. The molecule has 7 nitrogen and oxygen atoms in total. The molecule has 0 unspecified atom stereocenters. The second-order valence-electron chi connectivity index (χ2n) is 5.38. The highest BCUT2D eigenvalue weighted by Crippen LogP contribution is 2.17. The zero-order valence-electron chi connectivity index (χ0n) is 13.6. The van der Waals surface area contributed by atoms with Crippen molar-refractivity contribution in [2.24, 2.45) is 0 Å². The molecule has 0 aliphatic rings. The number of nitrogens with zero attached hydrogens (tertiary/aromatic N) is 3. The normalized spacial score (nSPS) is 13.4. The quantitative estimate of drug-likeness (QED) is 0.785. The fraction of sp³-hybridized carbons (Fsp3) is 0.467. The van der Waals surface area contributed by atoms with Crippen LogP contribution in [0.15, 0.2) is 34.7 Å². The van der Waals surface area contributed by atoms with Crippen LogP contribution in [0.5, 0.6) is 0 Å². The molecular formula is C15H22N4O3S. The van der Waals surface area contributed by atoms with E-state index in [2.05, 4.69) is 14.9 Å². The highest BCUT2D eigenvalue weighted by atomic mass is 32.2. The van der Waals surface area contributed by atoms with Gasteiger partial charge < -0.3 is 4.42 Å². The van der Waals surface area contributed by atoms with Crippen molar-refractivity contribution in [3.63, 3.8) is 0 Å². The third kappa shape index (κ3) is 5.12. The monoisotopic (exact) mass is 338 g/mol. The molecule has 0 aliphatic heterocycles. The van der Waals surface area contributed by atoms with E-state index in [1.54, 1.807) is 6.92 Å². The van der Waals surface area contributed by atoms with Crippen molar-refractivity contribution in [1.29, 1.82) is 0 Å². The summed E-state index contributed by atoms with van der Waals surface area (Å²) in [5.74, 6) is 1.05. The van der Waals surface area contributed by atoms with Gasteiger partial charge in [-0.15, -0.1) is 10.2 Å². The molecule has 0 saturated heterocycles. The lowest BCUT2D eigenvalue weighted by atomic mass is 10.2. The summed E-state index contributed by atoms with van der Waals surface area (Å²) in [5, 5.41) is 8.09. The second kappa shape index (κ2) is 7.67. The van der Waals surface area contributed by atoms with Crippen LogP contribution in [0.25, 0.3) is 11.5 Å². The Morgan fingerprint density at radius 2 is 1.96 bits per heavy atom. The first-order valence-corrected chi connectivity index (χ1v) is 9.12. The number of aromatic nitrogens is 2. The van der Waals surface area contributed by atoms with Crippen LogP contribution in [0.2, 0.25) is 0 Å². The molecule has 1 aromatic carbocycles. The molecular weight excluding hydrogens is 316 g/mol. The van der Waals surface area contributed by atoms with Crippen molar-refractivity contribution in [3.8, 4) is 11.5 Å². The molecule has 23 heavy (non-hydrogen) atoms. The Balaban J connectivity index is 1.93. The van der Waals surface area contributed by atoms with E-state index in [-0.39, 0.29) is 11.8 Å². The van der Waals surface area contributed by atoms with Gasteiger partial charge in [-0.2, -0.15) is 0 Å². The molecule has 2 rings (SSSR count). The molecule has 0 saturated carbocycles. The predicted octanol–water partition coefficient (Wildman–Crippen LogP) is 1.50. The molecule has 1 heterocycles. The van der Waals surface area contributed by atoms with Gasteiger partial charge in [0.15, 0.2) is 0 Å². The van der Waals surface area contributed by atoms with E-state index < -0.39 is 10.0 Å². The number of nitrogens with one attached hydrogen (secondary N) is 1. The van der Waals surface area contributed by atoms with Gasteiger partial charge in [0.05, 0.1) is 12.3 Å². The van der Waals surface area contributed by atoms with Crippen LogP contribution < -0.4 is 4.72 Å². The number of benzene rings is 1. The lowest BCUT2D eigenvalue weighted by molar-refractivity contribution is 0.227. The summed E-state index contributed by atoms with van der Waals surface area (Å²) < 4.78 is 31.2. The Labute approximate surface area is 136 Å². The van der Waals surface area contributed by atoms with Crippen molar-refractivity contribution in [2.75, 3.05) is 19.3 Å². The van der Waals surface area contributed by atoms with Gasteiger partial charge >= 0.3 is 0 Å². The minimum atomic E-state index is -3.18. The molecule has 1 aromatic heterocycles. The third-order valence-corrected chi connectivity index (χ3v) is 4.97. The molecule has 0 amide bonds. The highest BCUT2D eigenvalue weighted by Gasteiger charge is 2.16.